The molecule has 0 amide bonds. The summed E-state index contributed by atoms with van der Waals surface area (Å²) in [5, 5.41) is 0. The second kappa shape index (κ2) is 3.27. The lowest BCUT2D eigenvalue weighted by molar-refractivity contribution is 0.355. The second-order valence-corrected chi connectivity index (χ2v) is 4.01. The number of ether oxygens (including phenoxy) is 2. The van der Waals surface area contributed by atoms with E-state index in [4.69, 9.17) is 9.47 Å². The molecule has 0 spiro atoms. The first-order chi connectivity index (χ1) is 7.75. The van der Waals surface area contributed by atoms with E-state index in [1.54, 1.807) is 0 Å². The molecule has 0 bridgehead atoms. The third kappa shape index (κ3) is 1.27. The van der Waals surface area contributed by atoms with E-state index < -0.39 is 0 Å². The van der Waals surface area contributed by atoms with E-state index in [9.17, 15) is 0 Å². The minimum Gasteiger partial charge on any atom is -0.449 e. The Morgan fingerprint density at radius 3 is 1.69 bits per heavy atom. The topological polar surface area (TPSA) is 18.5 Å². The van der Waals surface area contributed by atoms with Crippen molar-refractivity contribution in [2.24, 2.45) is 0 Å². The second-order valence-electron chi connectivity index (χ2n) is 4.01. The van der Waals surface area contributed by atoms with Crippen LogP contribution in [0.4, 0.5) is 0 Å². The maximum atomic E-state index is 5.91. The number of para-hydroxylation sites is 2. The molecule has 0 saturated heterocycles. The van der Waals surface area contributed by atoms with Gasteiger partial charge in [0.2, 0.25) is 0 Å². The summed E-state index contributed by atoms with van der Waals surface area (Å²) in [6, 6.07) is 11.8. The van der Waals surface area contributed by atoms with Crippen molar-refractivity contribution in [3.63, 3.8) is 0 Å². The summed E-state index contributed by atoms with van der Waals surface area (Å²) in [6.07, 6.45) is 0. The molecule has 0 unspecified atom stereocenters. The van der Waals surface area contributed by atoms with Crippen molar-refractivity contribution >= 4 is 0 Å². The van der Waals surface area contributed by atoms with Crippen molar-refractivity contribution < 1.29 is 9.47 Å². The molecule has 0 saturated carbocycles. The highest BCUT2D eigenvalue weighted by Gasteiger charge is 2.20. The minimum absolute atomic E-state index is 0.790. The van der Waals surface area contributed by atoms with Crippen LogP contribution in [0.15, 0.2) is 36.4 Å². The van der Waals surface area contributed by atoms with Gasteiger partial charge in [-0.3, -0.25) is 0 Å². The average Bonchev–Trinajstić information content (AvgIpc) is 2.28. The lowest BCUT2D eigenvalue weighted by atomic mass is 10.1. The van der Waals surface area contributed by atoms with Crippen molar-refractivity contribution in [3.05, 3.63) is 47.5 Å². The van der Waals surface area contributed by atoms with Crippen LogP contribution in [0.1, 0.15) is 11.1 Å². The lowest BCUT2D eigenvalue weighted by Crippen LogP contribution is -2.01. The Hall–Kier alpha value is -1.96. The molecule has 16 heavy (non-hydrogen) atoms. The van der Waals surface area contributed by atoms with Gasteiger partial charge in [0.15, 0.2) is 23.0 Å². The van der Waals surface area contributed by atoms with Crippen LogP contribution in [-0.2, 0) is 0 Å². The molecule has 0 aliphatic carbocycles. The Kier molecular flexibility index (Phi) is 1.90. The van der Waals surface area contributed by atoms with E-state index >= 15 is 0 Å². The van der Waals surface area contributed by atoms with Crippen LogP contribution in [-0.4, -0.2) is 0 Å². The van der Waals surface area contributed by atoms with Gasteiger partial charge in [0, 0.05) is 0 Å². The smallest absolute Gasteiger partial charge is 0.173 e. The summed E-state index contributed by atoms with van der Waals surface area (Å²) >= 11 is 0. The summed E-state index contributed by atoms with van der Waals surface area (Å²) in [4.78, 5) is 0. The molecule has 0 N–H and O–H groups in total. The van der Waals surface area contributed by atoms with E-state index in [0.717, 1.165) is 34.1 Å². The van der Waals surface area contributed by atoms with Crippen molar-refractivity contribution in [1.82, 2.24) is 0 Å². The van der Waals surface area contributed by atoms with Crippen LogP contribution in [0.2, 0.25) is 0 Å². The Balaban J connectivity index is 2.17. The van der Waals surface area contributed by atoms with Crippen LogP contribution in [0.3, 0.4) is 0 Å². The first-order valence-corrected chi connectivity index (χ1v) is 5.30. The molecule has 2 aromatic rings. The van der Waals surface area contributed by atoms with Crippen molar-refractivity contribution in [2.75, 3.05) is 0 Å². The van der Waals surface area contributed by atoms with Crippen LogP contribution in [0.25, 0.3) is 0 Å². The largest absolute Gasteiger partial charge is 0.449 e. The molecule has 1 aliphatic rings. The highest BCUT2D eigenvalue weighted by atomic mass is 16.6. The maximum absolute atomic E-state index is 5.91. The summed E-state index contributed by atoms with van der Waals surface area (Å²) < 4.78 is 11.7. The molecule has 2 aromatic carbocycles. The average molecular weight is 212 g/mol. The molecule has 1 heterocycles. The Bertz CT molecular complexity index is 509. The molecule has 0 fully saturated rings. The number of aryl methyl sites for hydroxylation is 2. The third-order valence-corrected chi connectivity index (χ3v) is 2.78. The minimum atomic E-state index is 0.790. The van der Waals surface area contributed by atoms with Gasteiger partial charge in [0.05, 0.1) is 0 Å². The summed E-state index contributed by atoms with van der Waals surface area (Å²) in [5.41, 5.74) is 2.18. The molecule has 3 rings (SSSR count). The van der Waals surface area contributed by atoms with E-state index in [1.165, 1.54) is 0 Å². The normalized spacial score (nSPS) is 12.1. The standard InChI is InChI=1S/C14H12O2/c1-9-5-3-7-11-13(9)16-14-10(2)6-4-8-12(14)15-11/h3-8H,1-2H3. The predicted octanol–water partition coefficient (Wildman–Crippen LogP) is 4.20. The SMILES string of the molecule is Cc1cccc2c1Oc1c(C)cccc1O2. The zero-order chi connectivity index (χ0) is 11.1. The fraction of sp³-hybridized carbons (Fsp3) is 0.143. The van der Waals surface area contributed by atoms with Crippen LogP contribution in [0, 0.1) is 13.8 Å². The number of hydrogen-bond donors (Lipinski definition) is 0. The fourth-order valence-corrected chi connectivity index (χ4v) is 1.89. The molecule has 0 atom stereocenters. The van der Waals surface area contributed by atoms with Gasteiger partial charge in [-0.2, -0.15) is 0 Å². The van der Waals surface area contributed by atoms with Crippen molar-refractivity contribution in [1.29, 1.82) is 0 Å². The molecule has 2 heteroatoms. The zero-order valence-corrected chi connectivity index (χ0v) is 9.28. The van der Waals surface area contributed by atoms with Gasteiger partial charge in [-0.15, -0.1) is 0 Å². The molecule has 0 radical (unpaired) electrons. The van der Waals surface area contributed by atoms with Crippen molar-refractivity contribution in [2.45, 2.75) is 13.8 Å². The Morgan fingerprint density at radius 1 is 0.688 bits per heavy atom. The molecule has 80 valence electrons. The van der Waals surface area contributed by atoms with Gasteiger partial charge in [-0.25, -0.2) is 0 Å². The van der Waals surface area contributed by atoms with Gasteiger partial charge in [-0.1, -0.05) is 24.3 Å². The summed E-state index contributed by atoms with van der Waals surface area (Å²) in [6.45, 7) is 4.04. The molecule has 1 aliphatic heterocycles. The first kappa shape index (κ1) is 9.28. The predicted molar refractivity (Wildman–Crippen MR) is 62.5 cm³/mol. The van der Waals surface area contributed by atoms with Crippen molar-refractivity contribution in [3.8, 4) is 23.0 Å². The third-order valence-electron chi connectivity index (χ3n) is 2.78. The molecular weight excluding hydrogens is 200 g/mol. The molecular formula is C14H12O2. The van der Waals surface area contributed by atoms with Gasteiger partial charge < -0.3 is 9.47 Å². The highest BCUT2D eigenvalue weighted by Crippen LogP contribution is 2.47. The monoisotopic (exact) mass is 212 g/mol. The van der Waals surface area contributed by atoms with Crippen LogP contribution >= 0.6 is 0 Å². The van der Waals surface area contributed by atoms with E-state index in [-0.39, 0.29) is 0 Å². The van der Waals surface area contributed by atoms with Gasteiger partial charge >= 0.3 is 0 Å². The first-order valence-electron chi connectivity index (χ1n) is 5.30. The highest BCUT2D eigenvalue weighted by molar-refractivity contribution is 5.59. The van der Waals surface area contributed by atoms with Gasteiger partial charge in [0.25, 0.3) is 0 Å². The molecule has 2 nitrogen and oxygen atoms in total. The summed E-state index contributed by atoms with van der Waals surface area (Å²) in [5.74, 6) is 3.23. The lowest BCUT2D eigenvalue weighted by Gasteiger charge is -2.23. The van der Waals surface area contributed by atoms with Gasteiger partial charge in [0.1, 0.15) is 0 Å². The number of benzene rings is 2. The number of rotatable bonds is 0. The maximum Gasteiger partial charge on any atom is 0.173 e. The zero-order valence-electron chi connectivity index (χ0n) is 9.28. The molecule has 0 aromatic heterocycles. The quantitative estimate of drug-likeness (QED) is 0.556. The van der Waals surface area contributed by atoms with Crippen LogP contribution in [0.5, 0.6) is 23.0 Å². The Labute approximate surface area is 94.4 Å². The van der Waals surface area contributed by atoms with Crippen LogP contribution < -0.4 is 9.47 Å². The fourth-order valence-electron chi connectivity index (χ4n) is 1.89. The van der Waals surface area contributed by atoms with E-state index in [1.807, 2.05) is 50.2 Å². The Morgan fingerprint density at radius 2 is 1.19 bits per heavy atom. The summed E-state index contributed by atoms with van der Waals surface area (Å²) in [7, 11) is 0. The van der Waals surface area contributed by atoms with E-state index in [0.29, 0.717) is 0 Å². The van der Waals surface area contributed by atoms with Gasteiger partial charge in [-0.05, 0) is 37.1 Å². The number of hydrogen-bond acceptors (Lipinski definition) is 2. The number of fused-ring (bicyclic) bond motifs is 2. The van der Waals surface area contributed by atoms with E-state index in [2.05, 4.69) is 0 Å².